The molecule has 1 unspecified atom stereocenters. The van der Waals surface area contributed by atoms with Gasteiger partial charge in [0.05, 0.1) is 0 Å². The fourth-order valence-electron chi connectivity index (χ4n) is 1.10. The molecule has 11 heavy (non-hydrogen) atoms. The molecule has 0 aromatic carbocycles. The topological polar surface area (TPSA) is 84.2 Å². The average molecular weight is 157 g/mol. The van der Waals surface area contributed by atoms with E-state index < -0.39 is 6.04 Å². The average Bonchev–Trinajstić information content (AvgIpc) is 2.03. The molecule has 1 fully saturated rings. The van der Waals surface area contributed by atoms with Crippen molar-refractivity contribution in [2.24, 2.45) is 5.84 Å². The summed E-state index contributed by atoms with van der Waals surface area (Å²) in [7, 11) is 0. The summed E-state index contributed by atoms with van der Waals surface area (Å²) in [5.74, 6) is 4.50. The van der Waals surface area contributed by atoms with Gasteiger partial charge in [-0.05, 0) is 12.8 Å². The number of amides is 2. The van der Waals surface area contributed by atoms with E-state index in [1.807, 2.05) is 5.43 Å². The summed E-state index contributed by atoms with van der Waals surface area (Å²) in [6.07, 6.45) is 1.94. The van der Waals surface area contributed by atoms with Crippen molar-refractivity contribution in [3.63, 3.8) is 0 Å². The number of hydrazine groups is 1. The van der Waals surface area contributed by atoms with Crippen molar-refractivity contribution in [3.05, 3.63) is 0 Å². The number of hydrogen-bond donors (Lipinski definition) is 3. The summed E-state index contributed by atoms with van der Waals surface area (Å²) < 4.78 is 0. The van der Waals surface area contributed by atoms with Gasteiger partial charge < -0.3 is 5.32 Å². The van der Waals surface area contributed by atoms with Crippen LogP contribution in [0.5, 0.6) is 0 Å². The second kappa shape index (κ2) is 3.34. The zero-order valence-corrected chi connectivity index (χ0v) is 6.09. The summed E-state index contributed by atoms with van der Waals surface area (Å²) in [6, 6.07) is -0.429. The Hall–Kier alpha value is -1.10. The first-order valence-corrected chi connectivity index (χ1v) is 3.54. The van der Waals surface area contributed by atoms with Crippen LogP contribution in [0.3, 0.4) is 0 Å². The zero-order valence-electron chi connectivity index (χ0n) is 6.09. The molecule has 0 radical (unpaired) electrons. The molecule has 5 nitrogen and oxygen atoms in total. The number of nitrogens with two attached hydrogens (primary N) is 1. The monoisotopic (exact) mass is 157 g/mol. The molecular formula is C6H11N3O2. The summed E-state index contributed by atoms with van der Waals surface area (Å²) in [5, 5.41) is 2.54. The maximum absolute atomic E-state index is 10.9. The molecular weight excluding hydrogens is 146 g/mol. The molecule has 0 bridgehead atoms. The molecule has 1 atom stereocenters. The smallest absolute Gasteiger partial charge is 0.256 e. The summed E-state index contributed by atoms with van der Waals surface area (Å²) >= 11 is 0. The van der Waals surface area contributed by atoms with Gasteiger partial charge in [0, 0.05) is 6.42 Å². The minimum atomic E-state index is -0.429. The Bertz CT molecular complexity index is 181. The molecule has 1 saturated heterocycles. The molecule has 5 heteroatoms. The second-order valence-corrected chi connectivity index (χ2v) is 2.52. The van der Waals surface area contributed by atoms with Gasteiger partial charge in [0.15, 0.2) is 0 Å². The minimum absolute atomic E-state index is 0.0788. The van der Waals surface area contributed by atoms with E-state index in [0.29, 0.717) is 12.8 Å². The molecule has 2 amide bonds. The van der Waals surface area contributed by atoms with Gasteiger partial charge in [0.2, 0.25) is 5.91 Å². The molecule has 1 aliphatic rings. The summed E-state index contributed by atoms with van der Waals surface area (Å²) in [6.45, 7) is 0. The molecule has 0 aromatic heterocycles. The van der Waals surface area contributed by atoms with Crippen molar-refractivity contribution < 1.29 is 9.59 Å². The maximum atomic E-state index is 10.9. The first-order chi connectivity index (χ1) is 5.24. The predicted molar refractivity (Wildman–Crippen MR) is 38.1 cm³/mol. The predicted octanol–water partition coefficient (Wildman–Crippen LogP) is -1.36. The Morgan fingerprint density at radius 2 is 2.45 bits per heavy atom. The Kier molecular flexibility index (Phi) is 2.43. The van der Waals surface area contributed by atoms with Crippen LogP contribution in [-0.4, -0.2) is 17.9 Å². The van der Waals surface area contributed by atoms with E-state index >= 15 is 0 Å². The van der Waals surface area contributed by atoms with Crippen molar-refractivity contribution in [1.29, 1.82) is 0 Å². The van der Waals surface area contributed by atoms with Gasteiger partial charge in [-0.3, -0.25) is 15.0 Å². The Labute approximate surface area is 64.3 Å². The van der Waals surface area contributed by atoms with Crippen molar-refractivity contribution in [3.8, 4) is 0 Å². The van der Waals surface area contributed by atoms with E-state index in [0.717, 1.165) is 6.42 Å². The lowest BCUT2D eigenvalue weighted by atomic mass is 10.0. The van der Waals surface area contributed by atoms with Crippen molar-refractivity contribution in [1.82, 2.24) is 10.7 Å². The van der Waals surface area contributed by atoms with E-state index in [4.69, 9.17) is 5.84 Å². The van der Waals surface area contributed by atoms with Crippen molar-refractivity contribution in [2.75, 3.05) is 0 Å². The van der Waals surface area contributed by atoms with E-state index in [-0.39, 0.29) is 11.8 Å². The maximum Gasteiger partial charge on any atom is 0.256 e. The normalized spacial score (nSPS) is 24.1. The van der Waals surface area contributed by atoms with Gasteiger partial charge in [-0.1, -0.05) is 0 Å². The van der Waals surface area contributed by atoms with E-state index in [9.17, 15) is 9.59 Å². The summed E-state index contributed by atoms with van der Waals surface area (Å²) in [5.41, 5.74) is 2.00. The number of carbonyl (C=O) groups is 2. The first-order valence-electron chi connectivity index (χ1n) is 3.54. The van der Waals surface area contributed by atoms with Crippen LogP contribution in [-0.2, 0) is 9.59 Å². The molecule has 0 saturated carbocycles. The highest BCUT2D eigenvalue weighted by Gasteiger charge is 2.23. The third-order valence-corrected chi connectivity index (χ3v) is 1.69. The standard InChI is InChI=1S/C6H11N3O2/c7-9-6(11)4-2-1-3-5(10)8-4/h4H,1-3,7H2,(H,8,10)(H,9,11). The Morgan fingerprint density at radius 1 is 1.73 bits per heavy atom. The second-order valence-electron chi connectivity index (χ2n) is 2.52. The number of hydrogen-bond acceptors (Lipinski definition) is 3. The van der Waals surface area contributed by atoms with E-state index in [1.54, 1.807) is 0 Å². The van der Waals surface area contributed by atoms with Gasteiger partial charge in [-0.15, -0.1) is 0 Å². The van der Waals surface area contributed by atoms with Crippen LogP contribution in [0.2, 0.25) is 0 Å². The lowest BCUT2D eigenvalue weighted by Crippen LogP contribution is -2.50. The van der Waals surface area contributed by atoms with E-state index in [2.05, 4.69) is 5.32 Å². The highest BCUT2D eigenvalue weighted by Crippen LogP contribution is 2.07. The minimum Gasteiger partial charge on any atom is -0.344 e. The zero-order chi connectivity index (χ0) is 8.27. The van der Waals surface area contributed by atoms with Crippen LogP contribution in [0, 0.1) is 0 Å². The van der Waals surface area contributed by atoms with E-state index in [1.165, 1.54) is 0 Å². The number of carbonyl (C=O) groups excluding carboxylic acids is 2. The molecule has 1 aliphatic heterocycles. The quantitative estimate of drug-likeness (QED) is 0.250. The highest BCUT2D eigenvalue weighted by atomic mass is 16.2. The molecule has 62 valence electrons. The molecule has 1 rings (SSSR count). The van der Waals surface area contributed by atoms with Gasteiger partial charge in [0.25, 0.3) is 5.91 Å². The lowest BCUT2D eigenvalue weighted by molar-refractivity contribution is -0.131. The van der Waals surface area contributed by atoms with Crippen LogP contribution in [0.4, 0.5) is 0 Å². The SMILES string of the molecule is NNC(=O)C1CCCC(=O)N1. The van der Waals surface area contributed by atoms with Crippen LogP contribution in [0.25, 0.3) is 0 Å². The van der Waals surface area contributed by atoms with Crippen LogP contribution in [0.1, 0.15) is 19.3 Å². The molecule has 4 N–H and O–H groups in total. The van der Waals surface area contributed by atoms with Crippen molar-refractivity contribution >= 4 is 11.8 Å². The largest absolute Gasteiger partial charge is 0.344 e. The van der Waals surface area contributed by atoms with Gasteiger partial charge in [0.1, 0.15) is 6.04 Å². The highest BCUT2D eigenvalue weighted by molar-refractivity contribution is 5.88. The number of rotatable bonds is 1. The molecule has 0 spiro atoms. The van der Waals surface area contributed by atoms with Crippen LogP contribution >= 0.6 is 0 Å². The third-order valence-electron chi connectivity index (χ3n) is 1.69. The number of piperidine rings is 1. The fraction of sp³-hybridized carbons (Fsp3) is 0.667. The molecule has 1 heterocycles. The lowest BCUT2D eigenvalue weighted by Gasteiger charge is -2.20. The third kappa shape index (κ3) is 1.91. The van der Waals surface area contributed by atoms with Crippen molar-refractivity contribution in [2.45, 2.75) is 25.3 Å². The van der Waals surface area contributed by atoms with Gasteiger partial charge >= 0.3 is 0 Å². The summed E-state index contributed by atoms with van der Waals surface area (Å²) in [4.78, 5) is 21.6. The first kappa shape index (κ1) is 8.00. The van der Waals surface area contributed by atoms with Crippen LogP contribution in [0.15, 0.2) is 0 Å². The fourth-order valence-corrected chi connectivity index (χ4v) is 1.10. The molecule has 0 aliphatic carbocycles. The van der Waals surface area contributed by atoms with Gasteiger partial charge in [-0.2, -0.15) is 0 Å². The Morgan fingerprint density at radius 3 is 3.00 bits per heavy atom. The van der Waals surface area contributed by atoms with Crippen LogP contribution < -0.4 is 16.6 Å². The Balaban J connectivity index is 2.45. The number of nitrogens with one attached hydrogen (secondary N) is 2. The molecule has 0 aromatic rings. The van der Waals surface area contributed by atoms with Gasteiger partial charge in [-0.25, -0.2) is 5.84 Å².